The number of piperidine rings is 1. The van der Waals surface area contributed by atoms with Gasteiger partial charge in [-0.15, -0.1) is 23.5 Å². The van der Waals surface area contributed by atoms with Gasteiger partial charge in [0.1, 0.15) is 5.75 Å². The van der Waals surface area contributed by atoms with Gasteiger partial charge in [0.2, 0.25) is 0 Å². The molecule has 0 spiro atoms. The summed E-state index contributed by atoms with van der Waals surface area (Å²) < 4.78 is 24.9. The summed E-state index contributed by atoms with van der Waals surface area (Å²) in [4.78, 5) is 16.0. The fraction of sp³-hybridized carbons (Fsp3) is 0.342. The van der Waals surface area contributed by atoms with Crippen LogP contribution in [-0.2, 0) is 34.0 Å². The Labute approximate surface area is 286 Å². The molecule has 0 aliphatic carbocycles. The number of hydrogen-bond donors (Lipinski definition) is 1. The lowest BCUT2D eigenvalue weighted by Crippen LogP contribution is -2.54. The number of amides is 1. The average molecular weight is 674 g/mol. The summed E-state index contributed by atoms with van der Waals surface area (Å²) in [7, 11) is 0. The van der Waals surface area contributed by atoms with Gasteiger partial charge in [-0.3, -0.25) is 0 Å². The van der Waals surface area contributed by atoms with Crippen LogP contribution in [0.1, 0.15) is 34.6 Å². The van der Waals surface area contributed by atoms with Crippen molar-refractivity contribution in [1.82, 2.24) is 4.90 Å². The van der Waals surface area contributed by atoms with Crippen molar-refractivity contribution in [2.45, 2.75) is 54.2 Å². The van der Waals surface area contributed by atoms with Crippen LogP contribution in [-0.4, -0.2) is 67.1 Å². The lowest BCUT2D eigenvalue weighted by atomic mass is 9.84. The number of carbonyl (C=O) groups is 1. The third-order valence-corrected chi connectivity index (χ3v) is 9.68. The molecule has 0 saturated carbocycles. The molecule has 2 unspecified atom stereocenters. The quantitative estimate of drug-likeness (QED) is 0.0940. The highest BCUT2D eigenvalue weighted by Gasteiger charge is 2.41. The molecule has 0 aromatic heterocycles. The molecule has 1 heterocycles. The molecule has 1 saturated heterocycles. The molecule has 47 heavy (non-hydrogen) atoms. The lowest BCUT2D eigenvalue weighted by Gasteiger charge is -2.42. The van der Waals surface area contributed by atoms with E-state index in [1.54, 1.807) is 23.5 Å². The molecular weight excluding hydrogens is 631 g/mol. The summed E-state index contributed by atoms with van der Waals surface area (Å²) >= 11 is 3.38. The van der Waals surface area contributed by atoms with Crippen LogP contribution >= 0.6 is 23.5 Å². The second kappa shape index (κ2) is 18.2. The molecule has 5 rings (SSSR count). The predicted molar refractivity (Wildman–Crippen MR) is 189 cm³/mol. The number of rotatable bonds is 16. The maximum Gasteiger partial charge on any atom is 0.407 e. The van der Waals surface area contributed by atoms with Crippen LogP contribution in [0.5, 0.6) is 5.75 Å². The molecule has 7 nitrogen and oxygen atoms in total. The van der Waals surface area contributed by atoms with Crippen molar-refractivity contribution in [3.05, 3.63) is 125 Å². The fourth-order valence-corrected chi connectivity index (χ4v) is 6.44. The van der Waals surface area contributed by atoms with E-state index in [1.165, 1.54) is 14.7 Å². The predicted octanol–water partition coefficient (Wildman–Crippen LogP) is 8.36. The number of nitrogens with zero attached hydrogens (tertiary/aromatic N) is 1. The molecule has 0 bridgehead atoms. The zero-order valence-corrected chi connectivity index (χ0v) is 28.6. The minimum atomic E-state index is -0.976. The molecule has 0 radical (unpaired) electrons. The Morgan fingerprint density at radius 2 is 1.23 bits per heavy atom. The van der Waals surface area contributed by atoms with Crippen LogP contribution < -0.4 is 4.74 Å². The van der Waals surface area contributed by atoms with Gasteiger partial charge in [-0.1, -0.05) is 66.7 Å². The van der Waals surface area contributed by atoms with E-state index in [0.29, 0.717) is 33.0 Å². The van der Waals surface area contributed by atoms with E-state index in [1.807, 2.05) is 42.8 Å². The minimum absolute atomic E-state index is 0.179. The van der Waals surface area contributed by atoms with Gasteiger partial charge in [0.15, 0.2) is 0 Å². The molecule has 2 atom stereocenters. The van der Waals surface area contributed by atoms with E-state index in [2.05, 4.69) is 72.8 Å². The molecule has 1 aliphatic heterocycles. The van der Waals surface area contributed by atoms with Gasteiger partial charge < -0.3 is 29.0 Å². The molecule has 1 fully saturated rings. The first-order valence-electron chi connectivity index (χ1n) is 15.8. The Balaban J connectivity index is 1.26. The molecule has 9 heteroatoms. The molecule has 1 aliphatic rings. The molecular formula is C38H43NO6S2. The van der Waals surface area contributed by atoms with Gasteiger partial charge in [-0.25, -0.2) is 4.79 Å². The number of likely N-dealkylation sites (tertiary alicyclic amines) is 1. The van der Waals surface area contributed by atoms with Crippen molar-refractivity contribution in [2.75, 3.05) is 38.8 Å². The Kier molecular flexibility index (Phi) is 13.5. The van der Waals surface area contributed by atoms with Crippen molar-refractivity contribution < 1.29 is 28.8 Å². The Morgan fingerprint density at radius 1 is 0.702 bits per heavy atom. The summed E-state index contributed by atoms with van der Waals surface area (Å²) in [5, 5.41) is 10.0. The molecule has 1 amide bonds. The third kappa shape index (κ3) is 10.5. The average Bonchev–Trinajstić information content (AvgIpc) is 3.12. The maximum atomic E-state index is 12.2. The van der Waals surface area contributed by atoms with Crippen LogP contribution in [0.25, 0.3) is 0 Å². The molecule has 4 aromatic carbocycles. The standard InChI is InChI=1S/C38H43NO6S2/c1-46-33-17-9-29(10-18-33)26-44-35-23-39(38(40)41)24-36(45-27-30-11-19-34(47-2)20-12-30)37(35)31-13-15-32(16-14-31)43-22-6-21-42-25-28-7-4-3-5-8-28/h3-5,7-20,35-37H,6,21-27H2,1-2H3,(H,40,41). The van der Waals surface area contributed by atoms with Crippen LogP contribution in [0, 0.1) is 0 Å². The summed E-state index contributed by atoms with van der Waals surface area (Å²) in [6, 6.07) is 34.7. The van der Waals surface area contributed by atoms with Gasteiger partial charge >= 0.3 is 6.09 Å². The van der Waals surface area contributed by atoms with Crippen LogP contribution in [0.3, 0.4) is 0 Å². The third-order valence-electron chi connectivity index (χ3n) is 8.20. The van der Waals surface area contributed by atoms with Gasteiger partial charge in [0.25, 0.3) is 0 Å². The number of benzene rings is 4. The van der Waals surface area contributed by atoms with Gasteiger partial charge in [-0.05, 0) is 71.2 Å². The van der Waals surface area contributed by atoms with E-state index in [0.717, 1.165) is 34.4 Å². The zero-order valence-electron chi connectivity index (χ0n) is 27.0. The molecule has 1 N–H and O–H groups in total. The zero-order chi connectivity index (χ0) is 32.8. The van der Waals surface area contributed by atoms with Crippen LogP contribution in [0.15, 0.2) is 113 Å². The smallest absolute Gasteiger partial charge is 0.407 e. The second-order valence-electron chi connectivity index (χ2n) is 11.4. The van der Waals surface area contributed by atoms with Gasteiger partial charge in [-0.2, -0.15) is 0 Å². The number of carboxylic acid groups (broad SMARTS) is 1. The highest BCUT2D eigenvalue weighted by molar-refractivity contribution is 7.98. The monoisotopic (exact) mass is 673 g/mol. The Bertz CT molecular complexity index is 1440. The van der Waals surface area contributed by atoms with Crippen molar-refractivity contribution in [3.8, 4) is 5.75 Å². The van der Waals surface area contributed by atoms with Gasteiger partial charge in [0, 0.05) is 22.1 Å². The lowest BCUT2D eigenvalue weighted by molar-refractivity contribution is -0.0937. The number of ether oxygens (including phenoxy) is 4. The largest absolute Gasteiger partial charge is 0.494 e. The first kappa shape index (κ1) is 34.9. The highest BCUT2D eigenvalue weighted by atomic mass is 32.2. The van der Waals surface area contributed by atoms with Gasteiger partial charge in [0.05, 0.1) is 58.3 Å². The van der Waals surface area contributed by atoms with Crippen LogP contribution in [0.4, 0.5) is 4.79 Å². The summed E-state index contributed by atoms with van der Waals surface area (Å²) in [5.41, 5.74) is 4.26. The fourth-order valence-electron chi connectivity index (χ4n) is 5.63. The Hall–Kier alpha value is -3.47. The summed E-state index contributed by atoms with van der Waals surface area (Å²) in [6.45, 7) is 3.02. The molecule has 248 valence electrons. The SMILES string of the molecule is CSc1ccc(COC2CN(C(=O)O)CC(OCc3ccc(SC)cc3)C2c2ccc(OCCCOCc3ccccc3)cc2)cc1. The highest BCUT2D eigenvalue weighted by Crippen LogP contribution is 2.35. The van der Waals surface area contributed by atoms with Crippen molar-refractivity contribution in [2.24, 2.45) is 0 Å². The summed E-state index contributed by atoms with van der Waals surface area (Å²) in [6.07, 6.45) is 3.09. The number of hydrogen-bond acceptors (Lipinski definition) is 7. The first-order chi connectivity index (χ1) is 23.0. The van der Waals surface area contributed by atoms with E-state index in [9.17, 15) is 9.90 Å². The minimum Gasteiger partial charge on any atom is -0.494 e. The van der Waals surface area contributed by atoms with E-state index < -0.39 is 18.3 Å². The van der Waals surface area contributed by atoms with Crippen molar-refractivity contribution in [3.63, 3.8) is 0 Å². The first-order valence-corrected chi connectivity index (χ1v) is 18.3. The van der Waals surface area contributed by atoms with E-state index in [4.69, 9.17) is 18.9 Å². The topological polar surface area (TPSA) is 77.5 Å². The Morgan fingerprint density at radius 3 is 1.74 bits per heavy atom. The van der Waals surface area contributed by atoms with Crippen molar-refractivity contribution >= 4 is 29.6 Å². The molecule has 4 aromatic rings. The summed E-state index contributed by atoms with van der Waals surface area (Å²) in [5.74, 6) is 0.597. The van der Waals surface area contributed by atoms with E-state index >= 15 is 0 Å². The normalized spacial score (nSPS) is 17.8. The maximum absolute atomic E-state index is 12.2. The number of thioether (sulfide) groups is 2. The van der Waals surface area contributed by atoms with E-state index in [-0.39, 0.29) is 19.0 Å². The van der Waals surface area contributed by atoms with Crippen LogP contribution in [0.2, 0.25) is 0 Å². The van der Waals surface area contributed by atoms with Crippen molar-refractivity contribution in [1.29, 1.82) is 0 Å². The second-order valence-corrected chi connectivity index (χ2v) is 13.2.